The summed E-state index contributed by atoms with van der Waals surface area (Å²) in [4.78, 5) is 6.88. The van der Waals surface area contributed by atoms with Crippen LogP contribution in [-0.4, -0.2) is 31.3 Å². The van der Waals surface area contributed by atoms with Gasteiger partial charge in [0.15, 0.2) is 5.82 Å². The molecule has 0 spiro atoms. The van der Waals surface area contributed by atoms with Crippen molar-refractivity contribution < 1.29 is 5.11 Å². The Balaban J connectivity index is 0.00000240. The highest BCUT2D eigenvalue weighted by Gasteiger charge is 2.33. The first-order valence-electron chi connectivity index (χ1n) is 10.3. The molecule has 0 fully saturated rings. The highest BCUT2D eigenvalue weighted by molar-refractivity contribution is 5.85. The van der Waals surface area contributed by atoms with Gasteiger partial charge in [-0.1, -0.05) is 49.7 Å². The number of hydrogen-bond acceptors (Lipinski definition) is 4. The molecule has 0 saturated carbocycles. The molecule has 0 saturated heterocycles. The fraction of sp³-hybridized carbons (Fsp3) is 0.391. The number of aromatic hydroxyl groups is 1. The maximum absolute atomic E-state index is 11.1. The van der Waals surface area contributed by atoms with Crippen molar-refractivity contribution in [1.82, 2.24) is 19.7 Å². The molecule has 1 aliphatic rings. The quantitative estimate of drug-likeness (QED) is 0.588. The standard InChI is InChI=1S/C23H28N4O.ClH/c1-2-3-16-26(17-18-10-5-4-6-11-18)20-13-9-12-19-22(20)23(28)27(25-19)21-14-7-8-15-24-21;/h4-8,10-11,14-15,20,28H,2-3,9,12-13,16-17H2,1H3;1H. The Morgan fingerprint density at radius 3 is 2.66 bits per heavy atom. The van der Waals surface area contributed by atoms with Gasteiger partial charge in [0.05, 0.1) is 11.3 Å². The lowest BCUT2D eigenvalue weighted by atomic mass is 9.91. The lowest BCUT2D eigenvalue weighted by molar-refractivity contribution is 0.164. The average Bonchev–Trinajstić information content (AvgIpc) is 3.09. The molecule has 0 bridgehead atoms. The summed E-state index contributed by atoms with van der Waals surface area (Å²) in [5.41, 5.74) is 3.31. The third kappa shape index (κ3) is 4.62. The van der Waals surface area contributed by atoms with Crippen LogP contribution in [0.25, 0.3) is 5.82 Å². The summed E-state index contributed by atoms with van der Waals surface area (Å²) < 4.78 is 1.60. The van der Waals surface area contributed by atoms with Gasteiger partial charge in [-0.3, -0.25) is 4.90 Å². The zero-order chi connectivity index (χ0) is 19.3. The van der Waals surface area contributed by atoms with Gasteiger partial charge in [-0.05, 0) is 49.9 Å². The van der Waals surface area contributed by atoms with Gasteiger partial charge in [0.2, 0.25) is 5.88 Å². The summed E-state index contributed by atoms with van der Waals surface area (Å²) in [5, 5.41) is 15.8. The molecule has 0 radical (unpaired) electrons. The molecule has 5 nitrogen and oxygen atoms in total. The van der Waals surface area contributed by atoms with E-state index in [0.717, 1.165) is 56.5 Å². The first-order valence-corrected chi connectivity index (χ1v) is 10.3. The molecular formula is C23H29ClN4O. The number of aryl methyl sites for hydroxylation is 1. The number of rotatable bonds is 7. The Hall–Kier alpha value is -2.37. The number of pyridine rings is 1. The van der Waals surface area contributed by atoms with Gasteiger partial charge >= 0.3 is 0 Å². The summed E-state index contributed by atoms with van der Waals surface area (Å²) in [6.45, 7) is 4.13. The maximum Gasteiger partial charge on any atom is 0.220 e. The Kier molecular flexibility index (Phi) is 7.29. The van der Waals surface area contributed by atoms with E-state index >= 15 is 0 Å². The predicted molar refractivity (Wildman–Crippen MR) is 118 cm³/mol. The number of fused-ring (bicyclic) bond motifs is 1. The topological polar surface area (TPSA) is 54.2 Å². The maximum atomic E-state index is 11.1. The van der Waals surface area contributed by atoms with Crippen LogP contribution in [0.2, 0.25) is 0 Å². The number of unbranched alkanes of at least 4 members (excludes halogenated alkanes) is 1. The Bertz CT molecular complexity index is 898. The molecule has 0 aliphatic heterocycles. The predicted octanol–water partition coefficient (Wildman–Crippen LogP) is 5.07. The second-order valence-corrected chi connectivity index (χ2v) is 7.50. The molecule has 1 aromatic carbocycles. The fourth-order valence-electron chi connectivity index (χ4n) is 4.13. The number of aromatic nitrogens is 3. The van der Waals surface area contributed by atoms with E-state index in [0.29, 0.717) is 5.82 Å². The van der Waals surface area contributed by atoms with Crippen LogP contribution in [0, 0.1) is 0 Å². The highest BCUT2D eigenvalue weighted by atomic mass is 35.5. The molecule has 1 unspecified atom stereocenters. The third-order valence-electron chi connectivity index (χ3n) is 5.53. The van der Waals surface area contributed by atoms with Crippen LogP contribution in [0.15, 0.2) is 54.7 Å². The molecule has 154 valence electrons. The van der Waals surface area contributed by atoms with Gasteiger partial charge in [0, 0.05) is 18.8 Å². The van der Waals surface area contributed by atoms with E-state index in [1.165, 1.54) is 5.56 Å². The molecular weight excluding hydrogens is 384 g/mol. The SMILES string of the molecule is CCCCN(Cc1ccccc1)C1CCCc2nn(-c3ccccn3)c(O)c21.Cl. The van der Waals surface area contributed by atoms with Gasteiger partial charge in [0.25, 0.3) is 0 Å². The van der Waals surface area contributed by atoms with Crippen molar-refractivity contribution in [3.8, 4) is 11.7 Å². The van der Waals surface area contributed by atoms with Crippen LogP contribution in [-0.2, 0) is 13.0 Å². The summed E-state index contributed by atoms with van der Waals surface area (Å²) >= 11 is 0. The first kappa shape index (κ1) is 21.3. The van der Waals surface area contributed by atoms with Crippen LogP contribution in [0.3, 0.4) is 0 Å². The second-order valence-electron chi connectivity index (χ2n) is 7.50. The average molecular weight is 413 g/mol. The van der Waals surface area contributed by atoms with Gasteiger partial charge in [0.1, 0.15) is 0 Å². The molecule has 1 aliphatic carbocycles. The van der Waals surface area contributed by atoms with E-state index in [9.17, 15) is 5.11 Å². The van der Waals surface area contributed by atoms with Crippen molar-refractivity contribution in [2.45, 2.75) is 51.6 Å². The van der Waals surface area contributed by atoms with E-state index in [1.807, 2.05) is 18.2 Å². The van der Waals surface area contributed by atoms with E-state index in [-0.39, 0.29) is 24.3 Å². The normalized spacial score (nSPS) is 15.7. The molecule has 1 N–H and O–H groups in total. The van der Waals surface area contributed by atoms with Crippen molar-refractivity contribution in [3.63, 3.8) is 0 Å². The molecule has 3 aromatic rings. The summed E-state index contributed by atoms with van der Waals surface area (Å²) in [7, 11) is 0. The summed E-state index contributed by atoms with van der Waals surface area (Å²) in [6, 6.07) is 16.5. The largest absolute Gasteiger partial charge is 0.493 e. The number of benzene rings is 1. The van der Waals surface area contributed by atoms with E-state index in [2.05, 4.69) is 47.1 Å². The molecule has 29 heavy (non-hydrogen) atoms. The zero-order valence-corrected chi connectivity index (χ0v) is 17.7. The van der Waals surface area contributed by atoms with Crippen LogP contribution in [0.4, 0.5) is 0 Å². The minimum atomic E-state index is 0. The van der Waals surface area contributed by atoms with E-state index < -0.39 is 0 Å². The molecule has 4 rings (SSSR count). The van der Waals surface area contributed by atoms with Crippen LogP contribution >= 0.6 is 12.4 Å². The van der Waals surface area contributed by atoms with Crippen molar-refractivity contribution in [2.24, 2.45) is 0 Å². The number of halogens is 1. The number of nitrogens with zero attached hydrogens (tertiary/aromatic N) is 4. The van der Waals surface area contributed by atoms with Crippen molar-refractivity contribution in [1.29, 1.82) is 0 Å². The molecule has 2 aromatic heterocycles. The van der Waals surface area contributed by atoms with E-state index in [1.54, 1.807) is 10.9 Å². The smallest absolute Gasteiger partial charge is 0.220 e. The van der Waals surface area contributed by atoms with Gasteiger partial charge < -0.3 is 5.11 Å². The zero-order valence-electron chi connectivity index (χ0n) is 16.9. The van der Waals surface area contributed by atoms with Crippen molar-refractivity contribution >= 4 is 12.4 Å². The second kappa shape index (κ2) is 9.90. The minimum Gasteiger partial charge on any atom is -0.493 e. The highest BCUT2D eigenvalue weighted by Crippen LogP contribution is 2.41. The minimum absolute atomic E-state index is 0. The molecule has 1 atom stereocenters. The number of hydrogen-bond donors (Lipinski definition) is 1. The summed E-state index contributed by atoms with van der Waals surface area (Å²) in [6.07, 6.45) is 7.08. The fourth-order valence-corrected chi connectivity index (χ4v) is 4.13. The van der Waals surface area contributed by atoms with Gasteiger partial charge in [-0.15, -0.1) is 12.4 Å². The first-order chi connectivity index (χ1) is 13.8. The van der Waals surface area contributed by atoms with Gasteiger partial charge in [-0.2, -0.15) is 9.78 Å². The summed E-state index contributed by atoms with van der Waals surface area (Å²) in [5.74, 6) is 0.907. The van der Waals surface area contributed by atoms with Crippen molar-refractivity contribution in [2.75, 3.05) is 6.54 Å². The Morgan fingerprint density at radius 1 is 1.14 bits per heavy atom. The van der Waals surface area contributed by atoms with Crippen LogP contribution in [0.1, 0.15) is 55.5 Å². The molecule has 0 amide bonds. The molecule has 2 heterocycles. The van der Waals surface area contributed by atoms with E-state index in [4.69, 9.17) is 5.10 Å². The third-order valence-corrected chi connectivity index (χ3v) is 5.53. The molecule has 6 heteroatoms. The van der Waals surface area contributed by atoms with Crippen molar-refractivity contribution in [3.05, 3.63) is 71.5 Å². The van der Waals surface area contributed by atoms with Gasteiger partial charge in [-0.25, -0.2) is 4.98 Å². The monoisotopic (exact) mass is 412 g/mol. The lowest BCUT2D eigenvalue weighted by Crippen LogP contribution is -2.31. The Labute approximate surface area is 178 Å². The lowest BCUT2D eigenvalue weighted by Gasteiger charge is -2.34. The Morgan fingerprint density at radius 2 is 1.93 bits per heavy atom. The van der Waals surface area contributed by atoms with Crippen LogP contribution < -0.4 is 0 Å². The van der Waals surface area contributed by atoms with Crippen LogP contribution in [0.5, 0.6) is 5.88 Å².